The average Bonchev–Trinajstić information content (AvgIpc) is 2.28. The van der Waals surface area contributed by atoms with Gasteiger partial charge < -0.3 is 10.6 Å². The van der Waals surface area contributed by atoms with Crippen LogP contribution in [0.4, 0.5) is 0 Å². The summed E-state index contributed by atoms with van der Waals surface area (Å²) in [5.41, 5.74) is 1.17. The molecule has 0 spiro atoms. The fourth-order valence-electron chi connectivity index (χ4n) is 1.29. The van der Waals surface area contributed by atoms with Crippen LogP contribution in [-0.4, -0.2) is 18.5 Å². The van der Waals surface area contributed by atoms with Crippen LogP contribution in [0.5, 0.6) is 0 Å². The van der Waals surface area contributed by atoms with E-state index in [2.05, 4.69) is 26.6 Å². The molecule has 0 saturated carbocycles. The molecule has 0 bridgehead atoms. The molecule has 2 N–H and O–H groups in total. The van der Waals surface area contributed by atoms with Crippen molar-refractivity contribution in [2.75, 3.05) is 6.54 Å². The second-order valence-corrected chi connectivity index (χ2v) is 4.54. The predicted octanol–water partition coefficient (Wildman–Crippen LogP) is 2.06. The van der Waals surface area contributed by atoms with Gasteiger partial charge in [0.2, 0.25) is 5.91 Å². The molecule has 0 heterocycles. The van der Waals surface area contributed by atoms with Crippen molar-refractivity contribution >= 4 is 21.8 Å². The fourth-order valence-corrected chi connectivity index (χ4v) is 1.56. The van der Waals surface area contributed by atoms with E-state index in [1.807, 2.05) is 38.1 Å². The first-order valence-corrected chi connectivity index (χ1v) is 6.18. The molecule has 4 heteroatoms. The Morgan fingerprint density at radius 3 is 2.56 bits per heavy atom. The number of hydrogen-bond acceptors (Lipinski definition) is 2. The summed E-state index contributed by atoms with van der Waals surface area (Å²) in [6, 6.07) is 7.88. The van der Waals surface area contributed by atoms with Gasteiger partial charge in [-0.25, -0.2) is 0 Å². The molecule has 1 rings (SSSR count). The molecule has 1 atom stereocenters. The van der Waals surface area contributed by atoms with Crippen molar-refractivity contribution in [3.8, 4) is 0 Å². The third-order valence-corrected chi connectivity index (χ3v) is 2.80. The Labute approximate surface area is 105 Å². The molecule has 1 aromatic rings. The molecule has 1 aromatic carbocycles. The molecule has 16 heavy (non-hydrogen) atoms. The van der Waals surface area contributed by atoms with Crippen molar-refractivity contribution in [3.05, 3.63) is 34.3 Å². The summed E-state index contributed by atoms with van der Waals surface area (Å²) in [6.45, 7) is 5.15. The summed E-state index contributed by atoms with van der Waals surface area (Å²) in [5.74, 6) is 0.0413. The summed E-state index contributed by atoms with van der Waals surface area (Å²) in [7, 11) is 0. The molecule has 0 radical (unpaired) electrons. The molecule has 1 unspecified atom stereocenters. The lowest BCUT2D eigenvalue weighted by Crippen LogP contribution is -2.41. The summed E-state index contributed by atoms with van der Waals surface area (Å²) in [5, 5.41) is 5.96. The number of carbonyl (C=O) groups excluding carboxylic acids is 1. The van der Waals surface area contributed by atoms with Gasteiger partial charge in [-0.15, -0.1) is 0 Å². The molecular formula is C12H17BrN2O. The minimum absolute atomic E-state index is 0.0413. The molecule has 0 aliphatic rings. The predicted molar refractivity (Wildman–Crippen MR) is 69.1 cm³/mol. The van der Waals surface area contributed by atoms with Crippen LogP contribution in [0.25, 0.3) is 0 Å². The van der Waals surface area contributed by atoms with Crippen LogP contribution in [0.1, 0.15) is 19.4 Å². The minimum atomic E-state index is -0.163. The zero-order valence-electron chi connectivity index (χ0n) is 9.59. The van der Waals surface area contributed by atoms with Crippen LogP contribution in [0, 0.1) is 0 Å². The van der Waals surface area contributed by atoms with Gasteiger partial charge in [-0.2, -0.15) is 0 Å². The molecule has 0 aliphatic heterocycles. The van der Waals surface area contributed by atoms with Gasteiger partial charge >= 0.3 is 0 Å². The normalized spacial score (nSPS) is 12.2. The van der Waals surface area contributed by atoms with Crippen LogP contribution >= 0.6 is 15.9 Å². The monoisotopic (exact) mass is 284 g/mol. The van der Waals surface area contributed by atoms with Gasteiger partial charge in [0.25, 0.3) is 0 Å². The average molecular weight is 285 g/mol. The SMILES string of the molecule is CCNC(=O)C(C)NCc1ccc(Br)cc1. The summed E-state index contributed by atoms with van der Waals surface area (Å²) in [6.07, 6.45) is 0. The lowest BCUT2D eigenvalue weighted by Gasteiger charge is -2.13. The number of benzene rings is 1. The highest BCUT2D eigenvalue weighted by molar-refractivity contribution is 9.10. The van der Waals surface area contributed by atoms with Crippen LogP contribution in [-0.2, 0) is 11.3 Å². The number of amides is 1. The lowest BCUT2D eigenvalue weighted by molar-refractivity contribution is -0.122. The molecule has 88 valence electrons. The molecule has 0 aromatic heterocycles. The van der Waals surface area contributed by atoms with Gasteiger partial charge in [0, 0.05) is 17.6 Å². The number of hydrogen-bond donors (Lipinski definition) is 2. The Kier molecular flexibility index (Phi) is 5.49. The van der Waals surface area contributed by atoms with Crippen molar-refractivity contribution in [2.45, 2.75) is 26.4 Å². The Bertz CT molecular complexity index is 337. The Morgan fingerprint density at radius 1 is 1.38 bits per heavy atom. The first kappa shape index (κ1) is 13.2. The smallest absolute Gasteiger partial charge is 0.236 e. The third kappa shape index (κ3) is 4.33. The van der Waals surface area contributed by atoms with E-state index in [1.54, 1.807) is 0 Å². The van der Waals surface area contributed by atoms with E-state index in [4.69, 9.17) is 0 Å². The van der Waals surface area contributed by atoms with E-state index in [0.717, 1.165) is 4.47 Å². The van der Waals surface area contributed by atoms with Gasteiger partial charge in [0.05, 0.1) is 6.04 Å². The van der Waals surface area contributed by atoms with E-state index in [1.165, 1.54) is 5.56 Å². The van der Waals surface area contributed by atoms with Gasteiger partial charge in [-0.05, 0) is 31.5 Å². The van der Waals surface area contributed by atoms with E-state index >= 15 is 0 Å². The summed E-state index contributed by atoms with van der Waals surface area (Å²) < 4.78 is 1.06. The van der Waals surface area contributed by atoms with Crippen LogP contribution in [0.3, 0.4) is 0 Å². The van der Waals surface area contributed by atoms with Crippen molar-refractivity contribution in [2.24, 2.45) is 0 Å². The largest absolute Gasteiger partial charge is 0.355 e. The van der Waals surface area contributed by atoms with Crippen LogP contribution in [0.15, 0.2) is 28.7 Å². The number of rotatable bonds is 5. The van der Waals surface area contributed by atoms with E-state index in [0.29, 0.717) is 13.1 Å². The second-order valence-electron chi connectivity index (χ2n) is 3.62. The quantitative estimate of drug-likeness (QED) is 0.869. The van der Waals surface area contributed by atoms with E-state index in [-0.39, 0.29) is 11.9 Å². The Hall–Kier alpha value is -0.870. The van der Waals surface area contributed by atoms with Crippen molar-refractivity contribution in [1.82, 2.24) is 10.6 Å². The van der Waals surface area contributed by atoms with Gasteiger partial charge in [0.15, 0.2) is 0 Å². The standard InChI is InChI=1S/C12H17BrN2O/c1-3-14-12(16)9(2)15-8-10-4-6-11(13)7-5-10/h4-7,9,15H,3,8H2,1-2H3,(H,14,16). The maximum absolute atomic E-state index is 11.4. The minimum Gasteiger partial charge on any atom is -0.355 e. The second kappa shape index (κ2) is 6.66. The third-order valence-electron chi connectivity index (χ3n) is 2.27. The molecule has 0 aliphatic carbocycles. The number of halogens is 1. The zero-order valence-corrected chi connectivity index (χ0v) is 11.2. The molecule has 0 fully saturated rings. The van der Waals surface area contributed by atoms with E-state index in [9.17, 15) is 4.79 Å². The fraction of sp³-hybridized carbons (Fsp3) is 0.417. The highest BCUT2D eigenvalue weighted by Gasteiger charge is 2.10. The topological polar surface area (TPSA) is 41.1 Å². The number of nitrogens with one attached hydrogen (secondary N) is 2. The Morgan fingerprint density at radius 2 is 2.00 bits per heavy atom. The molecule has 0 saturated heterocycles. The zero-order chi connectivity index (χ0) is 12.0. The lowest BCUT2D eigenvalue weighted by atomic mass is 10.2. The number of likely N-dealkylation sites (N-methyl/N-ethyl adjacent to an activating group) is 1. The van der Waals surface area contributed by atoms with E-state index < -0.39 is 0 Å². The molecular weight excluding hydrogens is 268 g/mol. The molecule has 1 amide bonds. The van der Waals surface area contributed by atoms with Crippen molar-refractivity contribution in [3.63, 3.8) is 0 Å². The summed E-state index contributed by atoms with van der Waals surface area (Å²) >= 11 is 3.38. The van der Waals surface area contributed by atoms with Crippen molar-refractivity contribution in [1.29, 1.82) is 0 Å². The first-order valence-electron chi connectivity index (χ1n) is 5.39. The first-order chi connectivity index (χ1) is 7.63. The maximum Gasteiger partial charge on any atom is 0.236 e. The van der Waals surface area contributed by atoms with Crippen LogP contribution in [0.2, 0.25) is 0 Å². The highest BCUT2D eigenvalue weighted by Crippen LogP contribution is 2.10. The van der Waals surface area contributed by atoms with Gasteiger partial charge in [-0.3, -0.25) is 4.79 Å². The maximum atomic E-state index is 11.4. The number of carbonyl (C=O) groups is 1. The molecule has 3 nitrogen and oxygen atoms in total. The Balaban J connectivity index is 2.39. The van der Waals surface area contributed by atoms with Crippen LogP contribution < -0.4 is 10.6 Å². The highest BCUT2D eigenvalue weighted by atomic mass is 79.9. The van der Waals surface area contributed by atoms with Gasteiger partial charge in [-0.1, -0.05) is 28.1 Å². The van der Waals surface area contributed by atoms with Crippen molar-refractivity contribution < 1.29 is 4.79 Å². The summed E-state index contributed by atoms with van der Waals surface area (Å²) in [4.78, 5) is 11.4. The van der Waals surface area contributed by atoms with Gasteiger partial charge in [0.1, 0.15) is 0 Å².